The molecule has 2 saturated heterocycles. The second-order valence-corrected chi connectivity index (χ2v) is 5.12. The van der Waals surface area contributed by atoms with E-state index < -0.39 is 0 Å². The number of hydrogen-bond acceptors (Lipinski definition) is 4. The van der Waals surface area contributed by atoms with Gasteiger partial charge in [0.15, 0.2) is 6.29 Å². The summed E-state index contributed by atoms with van der Waals surface area (Å²) in [6.45, 7) is 1.93. The Bertz CT molecular complexity index is 301. The fourth-order valence-electron chi connectivity index (χ4n) is 2.69. The Morgan fingerprint density at radius 3 is 3.00 bits per heavy atom. The highest BCUT2D eigenvalue weighted by Crippen LogP contribution is 2.27. The van der Waals surface area contributed by atoms with Crippen LogP contribution in [0.25, 0.3) is 0 Å². The van der Waals surface area contributed by atoms with E-state index in [0.29, 0.717) is 19.6 Å². The van der Waals surface area contributed by atoms with E-state index >= 15 is 0 Å². The zero-order valence-electron chi connectivity index (χ0n) is 10.8. The molecule has 3 unspecified atom stereocenters. The Balaban J connectivity index is 1.83. The molecule has 3 atom stereocenters. The maximum Gasteiger partial charge on any atom is 0.226 e. The van der Waals surface area contributed by atoms with Crippen molar-refractivity contribution in [1.82, 2.24) is 4.90 Å². The zero-order valence-corrected chi connectivity index (χ0v) is 10.8. The predicted octanol–water partition coefficient (Wildman–Crippen LogP) is 0.823. The number of carbonyl (C=O) groups is 2. The lowest BCUT2D eigenvalue weighted by Gasteiger charge is -2.25. The van der Waals surface area contributed by atoms with Crippen LogP contribution < -0.4 is 0 Å². The van der Waals surface area contributed by atoms with E-state index in [0.717, 1.165) is 32.2 Å². The molecule has 0 N–H and O–H groups in total. The third-order valence-corrected chi connectivity index (χ3v) is 3.76. The van der Waals surface area contributed by atoms with E-state index in [1.807, 2.05) is 0 Å². The Kier molecular flexibility index (Phi) is 4.72. The number of aldehydes is 1. The summed E-state index contributed by atoms with van der Waals surface area (Å²) in [7, 11) is 1.78. The van der Waals surface area contributed by atoms with Gasteiger partial charge in [0.1, 0.15) is 6.29 Å². The monoisotopic (exact) mass is 255 g/mol. The molecule has 5 nitrogen and oxygen atoms in total. The quantitative estimate of drug-likeness (QED) is 0.683. The molecule has 0 radical (unpaired) electrons. The van der Waals surface area contributed by atoms with Gasteiger partial charge in [0, 0.05) is 32.5 Å². The van der Waals surface area contributed by atoms with Crippen molar-refractivity contribution in [2.45, 2.75) is 32.0 Å². The van der Waals surface area contributed by atoms with Gasteiger partial charge in [0.25, 0.3) is 0 Å². The molecule has 2 aliphatic rings. The first kappa shape index (κ1) is 13.5. The van der Waals surface area contributed by atoms with Crippen LogP contribution in [0.15, 0.2) is 0 Å². The summed E-state index contributed by atoms with van der Waals surface area (Å²) in [5.74, 6) is -0.0467. The van der Waals surface area contributed by atoms with Crippen LogP contribution in [0, 0.1) is 11.8 Å². The molecule has 2 aliphatic heterocycles. The number of ether oxygens (including phenoxy) is 2. The Morgan fingerprint density at radius 1 is 1.50 bits per heavy atom. The highest BCUT2D eigenvalue weighted by molar-refractivity contribution is 5.83. The number of carbonyl (C=O) groups excluding carboxylic acids is 2. The van der Waals surface area contributed by atoms with Crippen molar-refractivity contribution in [3.05, 3.63) is 0 Å². The first-order valence-corrected chi connectivity index (χ1v) is 6.64. The fraction of sp³-hybridized carbons (Fsp3) is 0.846. The third-order valence-electron chi connectivity index (χ3n) is 3.76. The Morgan fingerprint density at radius 2 is 2.33 bits per heavy atom. The lowest BCUT2D eigenvalue weighted by molar-refractivity contribution is -0.170. The average molecular weight is 255 g/mol. The number of rotatable bonds is 5. The smallest absolute Gasteiger partial charge is 0.226 e. The molecule has 18 heavy (non-hydrogen) atoms. The second kappa shape index (κ2) is 6.29. The number of nitrogens with zero attached hydrogens (tertiary/aromatic N) is 1. The predicted molar refractivity (Wildman–Crippen MR) is 64.8 cm³/mol. The molecule has 0 aromatic carbocycles. The van der Waals surface area contributed by atoms with Gasteiger partial charge >= 0.3 is 0 Å². The molecule has 0 bridgehead atoms. The minimum atomic E-state index is -0.212. The van der Waals surface area contributed by atoms with Crippen molar-refractivity contribution in [2.75, 3.05) is 26.8 Å². The molecule has 0 saturated carbocycles. The summed E-state index contributed by atoms with van der Waals surface area (Å²) in [4.78, 5) is 24.1. The fourth-order valence-corrected chi connectivity index (χ4v) is 2.69. The summed E-state index contributed by atoms with van der Waals surface area (Å²) in [5.41, 5.74) is 0. The molecule has 0 aromatic rings. The lowest BCUT2D eigenvalue weighted by atomic mass is 9.94. The van der Waals surface area contributed by atoms with Crippen molar-refractivity contribution in [3.8, 4) is 0 Å². The van der Waals surface area contributed by atoms with Gasteiger partial charge in [-0.2, -0.15) is 0 Å². The van der Waals surface area contributed by atoms with Crippen molar-refractivity contribution >= 4 is 12.2 Å². The Labute approximate surface area is 107 Å². The summed E-state index contributed by atoms with van der Waals surface area (Å²) < 4.78 is 11.2. The molecule has 2 fully saturated rings. The standard InChI is InChI=1S/C13H21NO4/c1-14-8-10(11(5-6-15)13(14)16)9-18-12-4-2-3-7-17-12/h6,10-12H,2-5,7-9H2,1H3. The van der Waals surface area contributed by atoms with Crippen molar-refractivity contribution < 1.29 is 19.1 Å². The molecular weight excluding hydrogens is 234 g/mol. The van der Waals surface area contributed by atoms with E-state index in [-0.39, 0.29) is 24.0 Å². The van der Waals surface area contributed by atoms with Crippen LogP contribution in [-0.4, -0.2) is 50.2 Å². The van der Waals surface area contributed by atoms with Crippen molar-refractivity contribution in [2.24, 2.45) is 11.8 Å². The molecule has 2 rings (SSSR count). The van der Waals surface area contributed by atoms with Crippen LogP contribution in [-0.2, 0) is 19.1 Å². The number of amides is 1. The lowest BCUT2D eigenvalue weighted by Crippen LogP contribution is -2.28. The SMILES string of the molecule is CN1CC(COC2CCCCO2)C(CC=O)C1=O. The maximum atomic E-state index is 11.8. The van der Waals surface area contributed by atoms with Crippen LogP contribution in [0.1, 0.15) is 25.7 Å². The molecule has 0 spiro atoms. The number of hydrogen-bond donors (Lipinski definition) is 0. The summed E-state index contributed by atoms with van der Waals surface area (Å²) >= 11 is 0. The molecule has 1 amide bonds. The Hall–Kier alpha value is -0.940. The minimum absolute atomic E-state index is 0.0558. The van der Waals surface area contributed by atoms with E-state index in [1.165, 1.54) is 0 Å². The van der Waals surface area contributed by atoms with Gasteiger partial charge in [0.05, 0.1) is 12.5 Å². The van der Waals surface area contributed by atoms with Gasteiger partial charge in [-0.25, -0.2) is 0 Å². The molecule has 0 aromatic heterocycles. The topological polar surface area (TPSA) is 55.8 Å². The molecule has 0 aliphatic carbocycles. The third kappa shape index (κ3) is 3.09. The zero-order chi connectivity index (χ0) is 13.0. The second-order valence-electron chi connectivity index (χ2n) is 5.12. The highest BCUT2D eigenvalue weighted by atomic mass is 16.7. The largest absolute Gasteiger partial charge is 0.353 e. The van der Waals surface area contributed by atoms with Crippen LogP contribution in [0.5, 0.6) is 0 Å². The summed E-state index contributed by atoms with van der Waals surface area (Å²) in [6, 6.07) is 0. The van der Waals surface area contributed by atoms with E-state index in [4.69, 9.17) is 9.47 Å². The van der Waals surface area contributed by atoms with Crippen molar-refractivity contribution in [3.63, 3.8) is 0 Å². The average Bonchev–Trinajstić information content (AvgIpc) is 2.66. The van der Waals surface area contributed by atoms with Crippen LogP contribution >= 0.6 is 0 Å². The first-order valence-electron chi connectivity index (χ1n) is 6.64. The van der Waals surface area contributed by atoms with Gasteiger partial charge in [-0.3, -0.25) is 4.79 Å². The summed E-state index contributed by atoms with van der Waals surface area (Å²) in [5, 5.41) is 0. The van der Waals surface area contributed by atoms with Gasteiger partial charge in [-0.15, -0.1) is 0 Å². The summed E-state index contributed by atoms with van der Waals surface area (Å²) in [6.07, 6.45) is 4.14. The normalized spacial score (nSPS) is 32.8. The first-order chi connectivity index (χ1) is 8.72. The minimum Gasteiger partial charge on any atom is -0.353 e. The van der Waals surface area contributed by atoms with Crippen LogP contribution in [0.4, 0.5) is 0 Å². The van der Waals surface area contributed by atoms with Gasteiger partial charge in [-0.1, -0.05) is 0 Å². The van der Waals surface area contributed by atoms with E-state index in [9.17, 15) is 9.59 Å². The number of likely N-dealkylation sites (tertiary alicyclic amines) is 1. The molecule has 5 heteroatoms. The van der Waals surface area contributed by atoms with E-state index in [2.05, 4.69) is 0 Å². The van der Waals surface area contributed by atoms with Gasteiger partial charge in [-0.05, 0) is 19.3 Å². The van der Waals surface area contributed by atoms with Gasteiger partial charge in [0.2, 0.25) is 5.91 Å². The molecule has 102 valence electrons. The van der Waals surface area contributed by atoms with Crippen LogP contribution in [0.3, 0.4) is 0 Å². The maximum absolute atomic E-state index is 11.8. The molecular formula is C13H21NO4. The van der Waals surface area contributed by atoms with Gasteiger partial charge < -0.3 is 19.2 Å². The van der Waals surface area contributed by atoms with E-state index in [1.54, 1.807) is 11.9 Å². The molecule has 2 heterocycles. The highest BCUT2D eigenvalue weighted by Gasteiger charge is 2.38. The van der Waals surface area contributed by atoms with Crippen molar-refractivity contribution in [1.29, 1.82) is 0 Å². The van der Waals surface area contributed by atoms with Crippen LogP contribution in [0.2, 0.25) is 0 Å².